The summed E-state index contributed by atoms with van der Waals surface area (Å²) in [5.41, 5.74) is 3.70. The molecule has 1 amide bonds. The fraction of sp³-hybridized carbons (Fsp3) is 0.0769. The van der Waals surface area contributed by atoms with Gasteiger partial charge in [-0.05, 0) is 31.2 Å². The number of nitrogens with one attached hydrogen (secondary N) is 1. The van der Waals surface area contributed by atoms with Crippen LogP contribution in [0.2, 0.25) is 0 Å². The van der Waals surface area contributed by atoms with Crippen molar-refractivity contribution in [3.05, 3.63) is 54.0 Å². The van der Waals surface area contributed by atoms with Crippen molar-refractivity contribution in [2.75, 3.05) is 0 Å². The number of phenols is 1. The number of hydrazone groups is 1. The van der Waals surface area contributed by atoms with Crippen molar-refractivity contribution >= 4 is 11.6 Å². The average Bonchev–Trinajstić information content (AvgIpc) is 2.89. The van der Waals surface area contributed by atoms with Crippen molar-refractivity contribution < 1.29 is 14.3 Å². The summed E-state index contributed by atoms with van der Waals surface area (Å²) < 4.78 is 4.93. The standard InChI is InChI=1S/C13H12N2O3/c1-9(10-4-2-5-11(16)8-10)14-15-13(17)12-6-3-7-18-12/h2-8,16H,1H3,(H,15,17)/b14-9+. The molecule has 1 aromatic carbocycles. The number of carbonyl (C=O) groups is 1. The molecule has 18 heavy (non-hydrogen) atoms. The Bertz CT molecular complexity index is 574. The number of phenolic OH excluding ortho intramolecular Hbond substituents is 1. The Balaban J connectivity index is 2.08. The summed E-state index contributed by atoms with van der Waals surface area (Å²) in [4.78, 5) is 11.5. The van der Waals surface area contributed by atoms with E-state index in [4.69, 9.17) is 4.42 Å². The largest absolute Gasteiger partial charge is 0.508 e. The van der Waals surface area contributed by atoms with Gasteiger partial charge in [0.15, 0.2) is 5.76 Å². The van der Waals surface area contributed by atoms with Crippen LogP contribution in [-0.2, 0) is 0 Å². The third-order valence-electron chi connectivity index (χ3n) is 2.33. The minimum absolute atomic E-state index is 0.152. The van der Waals surface area contributed by atoms with Crippen LogP contribution in [0.3, 0.4) is 0 Å². The van der Waals surface area contributed by atoms with E-state index in [-0.39, 0.29) is 11.5 Å². The van der Waals surface area contributed by atoms with Crippen LogP contribution in [0.4, 0.5) is 0 Å². The Hall–Kier alpha value is -2.56. The first-order valence-electron chi connectivity index (χ1n) is 5.34. The van der Waals surface area contributed by atoms with Crippen molar-refractivity contribution in [3.8, 4) is 5.75 Å². The second kappa shape index (κ2) is 5.18. The van der Waals surface area contributed by atoms with Crippen LogP contribution in [-0.4, -0.2) is 16.7 Å². The number of aromatic hydroxyl groups is 1. The van der Waals surface area contributed by atoms with E-state index < -0.39 is 5.91 Å². The van der Waals surface area contributed by atoms with E-state index in [1.165, 1.54) is 6.26 Å². The van der Waals surface area contributed by atoms with Gasteiger partial charge in [0.1, 0.15) is 5.75 Å². The summed E-state index contributed by atoms with van der Waals surface area (Å²) in [7, 11) is 0. The molecule has 0 bridgehead atoms. The molecular weight excluding hydrogens is 232 g/mol. The van der Waals surface area contributed by atoms with Gasteiger partial charge < -0.3 is 9.52 Å². The molecule has 0 saturated carbocycles. The number of amides is 1. The van der Waals surface area contributed by atoms with Crippen LogP contribution in [0.15, 0.2) is 52.2 Å². The molecule has 0 saturated heterocycles. The minimum Gasteiger partial charge on any atom is -0.508 e. The van der Waals surface area contributed by atoms with E-state index in [1.807, 2.05) is 0 Å². The highest BCUT2D eigenvalue weighted by Gasteiger charge is 2.07. The van der Waals surface area contributed by atoms with E-state index in [0.29, 0.717) is 5.71 Å². The third kappa shape index (κ3) is 2.76. The molecule has 0 unspecified atom stereocenters. The van der Waals surface area contributed by atoms with Gasteiger partial charge in [0.2, 0.25) is 0 Å². The Kier molecular flexibility index (Phi) is 3.43. The van der Waals surface area contributed by atoms with E-state index >= 15 is 0 Å². The van der Waals surface area contributed by atoms with Crippen LogP contribution in [0.5, 0.6) is 5.75 Å². The highest BCUT2D eigenvalue weighted by Crippen LogP contribution is 2.11. The molecule has 0 aliphatic rings. The van der Waals surface area contributed by atoms with E-state index in [9.17, 15) is 9.90 Å². The van der Waals surface area contributed by atoms with Gasteiger partial charge in [0.05, 0.1) is 12.0 Å². The molecule has 5 heteroatoms. The number of benzene rings is 1. The van der Waals surface area contributed by atoms with Crippen molar-refractivity contribution in [1.29, 1.82) is 0 Å². The maximum Gasteiger partial charge on any atom is 0.307 e. The summed E-state index contributed by atoms with van der Waals surface area (Å²) in [5.74, 6) is -0.0682. The monoisotopic (exact) mass is 244 g/mol. The summed E-state index contributed by atoms with van der Waals surface area (Å²) in [6.45, 7) is 1.73. The van der Waals surface area contributed by atoms with Crippen molar-refractivity contribution in [1.82, 2.24) is 5.43 Å². The molecule has 1 aromatic heterocycles. The van der Waals surface area contributed by atoms with Gasteiger partial charge in [0.25, 0.3) is 0 Å². The lowest BCUT2D eigenvalue weighted by Crippen LogP contribution is -2.18. The zero-order valence-electron chi connectivity index (χ0n) is 9.75. The molecule has 0 spiro atoms. The van der Waals surface area contributed by atoms with Crippen LogP contribution in [0.1, 0.15) is 23.0 Å². The number of hydrogen-bond donors (Lipinski definition) is 2. The van der Waals surface area contributed by atoms with Crippen molar-refractivity contribution in [2.24, 2.45) is 5.10 Å². The first-order chi connectivity index (χ1) is 8.66. The zero-order chi connectivity index (χ0) is 13.0. The Morgan fingerprint density at radius 3 is 2.83 bits per heavy atom. The first-order valence-corrected chi connectivity index (χ1v) is 5.34. The average molecular weight is 244 g/mol. The molecule has 0 radical (unpaired) electrons. The second-order valence-electron chi connectivity index (χ2n) is 3.67. The maximum absolute atomic E-state index is 11.5. The van der Waals surface area contributed by atoms with Gasteiger partial charge in [0, 0.05) is 5.56 Å². The molecule has 1 heterocycles. The fourth-order valence-electron chi connectivity index (χ4n) is 1.39. The summed E-state index contributed by atoms with van der Waals surface area (Å²) in [5, 5.41) is 13.3. The highest BCUT2D eigenvalue weighted by atomic mass is 16.3. The van der Waals surface area contributed by atoms with Gasteiger partial charge in [-0.3, -0.25) is 4.79 Å². The predicted molar refractivity (Wildman–Crippen MR) is 66.5 cm³/mol. The molecular formula is C13H12N2O3. The molecule has 0 aliphatic heterocycles. The maximum atomic E-state index is 11.5. The Labute approximate surface area is 104 Å². The SMILES string of the molecule is C/C(=N\NC(=O)c1ccco1)c1cccc(O)c1. The molecule has 0 atom stereocenters. The molecule has 5 nitrogen and oxygen atoms in total. The van der Waals surface area contributed by atoms with Gasteiger partial charge in [-0.2, -0.15) is 5.10 Å². The summed E-state index contributed by atoms with van der Waals surface area (Å²) in [6, 6.07) is 9.81. The number of furan rings is 1. The number of nitrogens with zero attached hydrogens (tertiary/aromatic N) is 1. The Morgan fingerprint density at radius 2 is 2.17 bits per heavy atom. The van der Waals surface area contributed by atoms with E-state index in [0.717, 1.165) is 5.56 Å². The second-order valence-corrected chi connectivity index (χ2v) is 3.67. The van der Waals surface area contributed by atoms with Crippen LogP contribution < -0.4 is 5.43 Å². The summed E-state index contributed by atoms with van der Waals surface area (Å²) in [6.07, 6.45) is 1.42. The van der Waals surface area contributed by atoms with Gasteiger partial charge in [-0.15, -0.1) is 0 Å². The molecule has 2 N–H and O–H groups in total. The molecule has 0 fully saturated rings. The van der Waals surface area contributed by atoms with Gasteiger partial charge in [-0.1, -0.05) is 12.1 Å². The molecule has 2 aromatic rings. The Morgan fingerprint density at radius 1 is 1.33 bits per heavy atom. The smallest absolute Gasteiger partial charge is 0.307 e. The van der Waals surface area contributed by atoms with Gasteiger partial charge >= 0.3 is 5.91 Å². The lowest BCUT2D eigenvalue weighted by Gasteiger charge is -2.02. The minimum atomic E-state index is -0.417. The number of carbonyl (C=O) groups excluding carboxylic acids is 1. The normalized spacial score (nSPS) is 11.3. The van der Waals surface area contributed by atoms with E-state index in [2.05, 4.69) is 10.5 Å². The first kappa shape index (κ1) is 11.9. The predicted octanol–water partition coefficient (Wildman–Crippen LogP) is 2.14. The number of hydrogen-bond acceptors (Lipinski definition) is 4. The van der Waals surface area contributed by atoms with Crippen LogP contribution in [0, 0.1) is 0 Å². The lowest BCUT2D eigenvalue weighted by molar-refractivity contribution is 0.0927. The molecule has 92 valence electrons. The number of rotatable bonds is 3. The quantitative estimate of drug-likeness (QED) is 0.641. The zero-order valence-corrected chi connectivity index (χ0v) is 9.75. The van der Waals surface area contributed by atoms with Crippen molar-refractivity contribution in [3.63, 3.8) is 0 Å². The van der Waals surface area contributed by atoms with Crippen LogP contribution >= 0.6 is 0 Å². The third-order valence-corrected chi connectivity index (χ3v) is 2.33. The molecule has 0 aliphatic carbocycles. The van der Waals surface area contributed by atoms with Gasteiger partial charge in [-0.25, -0.2) is 5.43 Å². The lowest BCUT2D eigenvalue weighted by atomic mass is 10.1. The summed E-state index contributed by atoms with van der Waals surface area (Å²) >= 11 is 0. The topological polar surface area (TPSA) is 74.8 Å². The molecule has 2 rings (SSSR count). The highest BCUT2D eigenvalue weighted by molar-refractivity contribution is 6.00. The van der Waals surface area contributed by atoms with Crippen molar-refractivity contribution in [2.45, 2.75) is 6.92 Å². The van der Waals surface area contributed by atoms with E-state index in [1.54, 1.807) is 43.3 Å². The fourth-order valence-corrected chi connectivity index (χ4v) is 1.39. The van der Waals surface area contributed by atoms with Crippen LogP contribution in [0.25, 0.3) is 0 Å².